The highest BCUT2D eigenvalue weighted by atomic mass is 15.0. The van der Waals surface area contributed by atoms with E-state index in [1.807, 2.05) is 54.6 Å². The number of hydrogen-bond acceptors (Lipinski definition) is 2. The molecule has 0 radical (unpaired) electrons. The molecule has 0 aliphatic heterocycles. The van der Waals surface area contributed by atoms with Gasteiger partial charge >= 0.3 is 0 Å². The van der Waals surface area contributed by atoms with E-state index in [9.17, 15) is 0 Å². The van der Waals surface area contributed by atoms with Crippen LogP contribution in [0.1, 0.15) is 5.56 Å². The third kappa shape index (κ3) is 1.34. The molecule has 3 nitrogen and oxygen atoms in total. The van der Waals surface area contributed by atoms with Crippen molar-refractivity contribution in [2.24, 2.45) is 0 Å². The van der Waals surface area contributed by atoms with Gasteiger partial charge in [0.1, 0.15) is 5.65 Å². The fourth-order valence-electron chi connectivity index (χ4n) is 2.52. The monoisotopic (exact) mass is 243 g/mol. The average Bonchev–Trinajstić information content (AvgIpc) is 2.85. The summed E-state index contributed by atoms with van der Waals surface area (Å²) in [5.74, 6) is 0. The third-order valence-electron chi connectivity index (χ3n) is 3.40. The van der Waals surface area contributed by atoms with Gasteiger partial charge in [-0.25, -0.2) is 4.98 Å². The van der Waals surface area contributed by atoms with Gasteiger partial charge in [-0.3, -0.25) is 4.40 Å². The molecule has 4 rings (SSSR count). The quantitative estimate of drug-likeness (QED) is 0.474. The minimum Gasteiger partial charge on any atom is -0.292 e. The SMILES string of the molecule is N#Cc1ccc2ccc3nc4ccccc4n3c2c1. The van der Waals surface area contributed by atoms with Crippen LogP contribution in [0.2, 0.25) is 0 Å². The van der Waals surface area contributed by atoms with Gasteiger partial charge < -0.3 is 0 Å². The van der Waals surface area contributed by atoms with E-state index in [4.69, 9.17) is 5.26 Å². The number of rotatable bonds is 0. The minimum absolute atomic E-state index is 0.665. The van der Waals surface area contributed by atoms with E-state index in [-0.39, 0.29) is 0 Å². The number of para-hydroxylation sites is 2. The lowest BCUT2D eigenvalue weighted by Gasteiger charge is -2.03. The van der Waals surface area contributed by atoms with Crippen LogP contribution in [0.3, 0.4) is 0 Å². The zero-order valence-electron chi connectivity index (χ0n) is 10.0. The first-order valence-corrected chi connectivity index (χ1v) is 6.07. The number of fused-ring (bicyclic) bond motifs is 5. The van der Waals surface area contributed by atoms with Crippen LogP contribution in [0.25, 0.3) is 27.6 Å². The highest BCUT2D eigenvalue weighted by molar-refractivity contribution is 5.91. The third-order valence-corrected chi connectivity index (χ3v) is 3.40. The van der Waals surface area contributed by atoms with Crippen molar-refractivity contribution in [1.29, 1.82) is 5.26 Å². The van der Waals surface area contributed by atoms with Crippen LogP contribution in [0.15, 0.2) is 54.6 Å². The predicted molar refractivity (Wildman–Crippen MR) is 74.9 cm³/mol. The van der Waals surface area contributed by atoms with Crippen LogP contribution in [0.4, 0.5) is 0 Å². The van der Waals surface area contributed by atoms with E-state index in [1.165, 1.54) is 0 Å². The van der Waals surface area contributed by atoms with Crippen molar-refractivity contribution in [3.63, 3.8) is 0 Å². The number of pyridine rings is 1. The first-order chi connectivity index (χ1) is 9.36. The second-order valence-electron chi connectivity index (χ2n) is 4.51. The summed E-state index contributed by atoms with van der Waals surface area (Å²) >= 11 is 0. The summed E-state index contributed by atoms with van der Waals surface area (Å²) in [5.41, 5.74) is 4.63. The number of aromatic nitrogens is 2. The normalized spacial score (nSPS) is 11.1. The molecule has 19 heavy (non-hydrogen) atoms. The van der Waals surface area contributed by atoms with Crippen molar-refractivity contribution in [1.82, 2.24) is 9.38 Å². The van der Waals surface area contributed by atoms with E-state index in [0.717, 1.165) is 27.6 Å². The van der Waals surface area contributed by atoms with Crippen molar-refractivity contribution in [2.45, 2.75) is 0 Å². The van der Waals surface area contributed by atoms with Gasteiger partial charge in [-0.2, -0.15) is 5.26 Å². The van der Waals surface area contributed by atoms with Crippen LogP contribution < -0.4 is 0 Å². The Morgan fingerprint density at radius 3 is 2.68 bits per heavy atom. The Hall–Kier alpha value is -2.86. The molecule has 4 aromatic rings. The highest BCUT2D eigenvalue weighted by Gasteiger charge is 2.07. The van der Waals surface area contributed by atoms with Crippen LogP contribution >= 0.6 is 0 Å². The Morgan fingerprint density at radius 1 is 0.947 bits per heavy atom. The van der Waals surface area contributed by atoms with Crippen molar-refractivity contribution in [3.8, 4) is 6.07 Å². The van der Waals surface area contributed by atoms with E-state index in [2.05, 4.69) is 15.5 Å². The smallest absolute Gasteiger partial charge is 0.138 e. The van der Waals surface area contributed by atoms with Gasteiger partial charge in [0.15, 0.2) is 0 Å². The second-order valence-corrected chi connectivity index (χ2v) is 4.51. The van der Waals surface area contributed by atoms with E-state index >= 15 is 0 Å². The molecule has 2 aromatic heterocycles. The first kappa shape index (κ1) is 10.1. The number of benzene rings is 2. The summed E-state index contributed by atoms with van der Waals surface area (Å²) in [4.78, 5) is 4.60. The Kier molecular flexibility index (Phi) is 1.89. The van der Waals surface area contributed by atoms with Gasteiger partial charge in [0.05, 0.1) is 28.2 Å². The Balaban J connectivity index is 2.31. The first-order valence-electron chi connectivity index (χ1n) is 6.07. The zero-order valence-corrected chi connectivity index (χ0v) is 10.0. The second kappa shape index (κ2) is 3.56. The number of hydrogen-bond donors (Lipinski definition) is 0. The van der Waals surface area contributed by atoms with E-state index in [1.54, 1.807) is 0 Å². The molecule has 2 aromatic carbocycles. The molecule has 0 atom stereocenters. The average molecular weight is 243 g/mol. The van der Waals surface area contributed by atoms with Crippen molar-refractivity contribution in [2.75, 3.05) is 0 Å². The minimum atomic E-state index is 0.665. The molecule has 0 aliphatic carbocycles. The van der Waals surface area contributed by atoms with Gasteiger partial charge in [0.2, 0.25) is 0 Å². The van der Waals surface area contributed by atoms with Crippen molar-refractivity contribution < 1.29 is 0 Å². The molecular weight excluding hydrogens is 234 g/mol. The maximum Gasteiger partial charge on any atom is 0.138 e. The van der Waals surface area contributed by atoms with Crippen LogP contribution in [-0.2, 0) is 0 Å². The molecule has 0 unspecified atom stereocenters. The number of nitriles is 1. The molecule has 3 heteroatoms. The lowest BCUT2D eigenvalue weighted by molar-refractivity contribution is 1.29. The van der Waals surface area contributed by atoms with Gasteiger partial charge in [0.25, 0.3) is 0 Å². The lowest BCUT2D eigenvalue weighted by Crippen LogP contribution is -1.89. The van der Waals surface area contributed by atoms with Crippen molar-refractivity contribution in [3.05, 3.63) is 60.2 Å². The predicted octanol–water partition coefficient (Wildman–Crippen LogP) is 3.51. The lowest BCUT2D eigenvalue weighted by atomic mass is 10.1. The molecule has 0 fully saturated rings. The van der Waals surface area contributed by atoms with Crippen LogP contribution in [0.5, 0.6) is 0 Å². The maximum atomic E-state index is 9.06. The molecule has 2 heterocycles. The molecule has 0 saturated carbocycles. The Labute approximate surface area is 109 Å². The van der Waals surface area contributed by atoms with Gasteiger partial charge in [0, 0.05) is 0 Å². The Morgan fingerprint density at radius 2 is 1.79 bits per heavy atom. The summed E-state index contributed by atoms with van der Waals surface area (Å²) in [6.07, 6.45) is 0. The zero-order chi connectivity index (χ0) is 12.8. The fraction of sp³-hybridized carbons (Fsp3) is 0. The standard InChI is InChI=1S/C16H9N3/c17-10-11-5-6-12-7-8-16-18-13-3-1-2-4-14(13)19(16)15(12)9-11/h1-9H. The van der Waals surface area contributed by atoms with Gasteiger partial charge in [-0.05, 0) is 41.8 Å². The molecule has 0 saturated heterocycles. The highest BCUT2D eigenvalue weighted by Crippen LogP contribution is 2.23. The van der Waals surface area contributed by atoms with E-state index in [0.29, 0.717) is 5.56 Å². The summed E-state index contributed by atoms with van der Waals surface area (Å²) in [7, 11) is 0. The summed E-state index contributed by atoms with van der Waals surface area (Å²) < 4.78 is 2.10. The number of imidazole rings is 1. The molecular formula is C16H9N3. The molecule has 0 amide bonds. The van der Waals surface area contributed by atoms with Crippen molar-refractivity contribution >= 4 is 27.6 Å². The number of nitrogens with zero attached hydrogens (tertiary/aromatic N) is 3. The van der Waals surface area contributed by atoms with Crippen LogP contribution in [-0.4, -0.2) is 9.38 Å². The molecule has 0 N–H and O–H groups in total. The molecule has 0 aliphatic rings. The maximum absolute atomic E-state index is 9.06. The van der Waals surface area contributed by atoms with Gasteiger partial charge in [-0.1, -0.05) is 18.2 Å². The molecule has 0 bridgehead atoms. The molecule has 88 valence electrons. The Bertz CT molecular complexity index is 974. The van der Waals surface area contributed by atoms with Crippen LogP contribution in [0, 0.1) is 11.3 Å². The van der Waals surface area contributed by atoms with E-state index < -0.39 is 0 Å². The molecule has 0 spiro atoms. The summed E-state index contributed by atoms with van der Waals surface area (Å²) in [5, 5.41) is 10.2. The topological polar surface area (TPSA) is 41.1 Å². The fourth-order valence-corrected chi connectivity index (χ4v) is 2.52. The summed E-state index contributed by atoms with van der Waals surface area (Å²) in [6, 6.07) is 20.0. The summed E-state index contributed by atoms with van der Waals surface area (Å²) in [6.45, 7) is 0. The van der Waals surface area contributed by atoms with Gasteiger partial charge in [-0.15, -0.1) is 0 Å². The largest absolute Gasteiger partial charge is 0.292 e.